The Balaban J connectivity index is 1.87. The minimum Gasteiger partial charge on any atom is -0.383 e. The Bertz CT molecular complexity index is 436. The maximum absolute atomic E-state index is 5.21. The molecule has 0 aromatic carbocycles. The fraction of sp³-hybridized carbons (Fsp3) is 0.786. The van der Waals surface area contributed by atoms with Crippen LogP contribution in [0, 0.1) is 6.92 Å². The number of nitrogens with zero attached hydrogens (tertiary/aromatic N) is 2. The van der Waals surface area contributed by atoms with Crippen LogP contribution in [0.1, 0.15) is 30.0 Å². The molecule has 2 saturated heterocycles. The van der Waals surface area contributed by atoms with Crippen LogP contribution in [0.2, 0.25) is 0 Å². The summed E-state index contributed by atoms with van der Waals surface area (Å²) in [6.45, 7) is 6.20. The molecular formula is C14H23N3OS. The van der Waals surface area contributed by atoms with E-state index in [0.717, 1.165) is 18.8 Å². The summed E-state index contributed by atoms with van der Waals surface area (Å²) in [5.74, 6) is 0. The molecule has 3 heterocycles. The van der Waals surface area contributed by atoms with E-state index in [1.807, 2.05) is 11.3 Å². The number of thiazole rings is 1. The van der Waals surface area contributed by atoms with Gasteiger partial charge in [-0.25, -0.2) is 4.98 Å². The largest absolute Gasteiger partial charge is 0.383 e. The monoisotopic (exact) mass is 281 g/mol. The molecule has 1 aromatic heterocycles. The zero-order chi connectivity index (χ0) is 13.3. The van der Waals surface area contributed by atoms with E-state index in [9.17, 15) is 0 Å². The van der Waals surface area contributed by atoms with Gasteiger partial charge in [0, 0.05) is 37.3 Å². The molecule has 2 unspecified atom stereocenters. The van der Waals surface area contributed by atoms with Crippen LogP contribution in [0.3, 0.4) is 0 Å². The van der Waals surface area contributed by atoms with E-state index >= 15 is 0 Å². The fourth-order valence-electron chi connectivity index (χ4n) is 3.60. The van der Waals surface area contributed by atoms with Gasteiger partial charge in [0.05, 0.1) is 12.1 Å². The molecule has 0 aliphatic carbocycles. The summed E-state index contributed by atoms with van der Waals surface area (Å²) < 4.78 is 5.21. The van der Waals surface area contributed by atoms with Crippen LogP contribution < -0.4 is 5.32 Å². The lowest BCUT2D eigenvalue weighted by Gasteiger charge is -2.34. The minimum atomic E-state index is 0.0634. The lowest BCUT2D eigenvalue weighted by molar-refractivity contribution is 0.168. The number of fused-ring (bicyclic) bond motifs is 1. The quantitative estimate of drug-likeness (QED) is 0.835. The van der Waals surface area contributed by atoms with Crippen molar-refractivity contribution in [3.05, 3.63) is 16.1 Å². The van der Waals surface area contributed by atoms with Crippen LogP contribution in [0.4, 0.5) is 0 Å². The smallest absolute Gasteiger partial charge is 0.115 e. The van der Waals surface area contributed by atoms with E-state index in [4.69, 9.17) is 9.72 Å². The SMILES string of the molecule is COCCNC1(c2nc(C)cs2)CCN2CCCC21. The Morgan fingerprint density at radius 1 is 1.58 bits per heavy atom. The van der Waals surface area contributed by atoms with Gasteiger partial charge < -0.3 is 10.1 Å². The molecule has 19 heavy (non-hydrogen) atoms. The number of ether oxygens (including phenoxy) is 1. The fourth-order valence-corrected chi connectivity index (χ4v) is 4.66. The first-order chi connectivity index (χ1) is 9.26. The lowest BCUT2D eigenvalue weighted by Crippen LogP contribution is -2.51. The third-order valence-corrected chi connectivity index (χ3v) is 5.61. The van der Waals surface area contributed by atoms with Crippen molar-refractivity contribution in [3.63, 3.8) is 0 Å². The summed E-state index contributed by atoms with van der Waals surface area (Å²) in [5.41, 5.74) is 1.21. The summed E-state index contributed by atoms with van der Waals surface area (Å²) in [7, 11) is 1.76. The van der Waals surface area contributed by atoms with Gasteiger partial charge in [0.15, 0.2) is 0 Å². The second-order valence-electron chi connectivity index (χ2n) is 5.63. The van der Waals surface area contributed by atoms with Crippen molar-refractivity contribution in [2.75, 3.05) is 33.4 Å². The van der Waals surface area contributed by atoms with Gasteiger partial charge in [-0.15, -0.1) is 11.3 Å². The van der Waals surface area contributed by atoms with Gasteiger partial charge in [-0.1, -0.05) is 0 Å². The molecule has 4 nitrogen and oxygen atoms in total. The van der Waals surface area contributed by atoms with Gasteiger partial charge in [-0.3, -0.25) is 4.90 Å². The topological polar surface area (TPSA) is 37.4 Å². The summed E-state index contributed by atoms with van der Waals surface area (Å²) in [6, 6.07) is 0.620. The molecule has 0 spiro atoms. The molecule has 2 fully saturated rings. The van der Waals surface area contributed by atoms with Crippen LogP contribution in [0.5, 0.6) is 0 Å². The van der Waals surface area contributed by atoms with Crippen LogP contribution in [0.25, 0.3) is 0 Å². The maximum Gasteiger partial charge on any atom is 0.115 e. The van der Waals surface area contributed by atoms with Gasteiger partial charge in [-0.2, -0.15) is 0 Å². The van der Waals surface area contributed by atoms with E-state index in [2.05, 4.69) is 22.5 Å². The zero-order valence-corrected chi connectivity index (χ0v) is 12.6. The van der Waals surface area contributed by atoms with Crippen LogP contribution in [-0.2, 0) is 10.3 Å². The third-order valence-electron chi connectivity index (χ3n) is 4.47. The van der Waals surface area contributed by atoms with E-state index in [-0.39, 0.29) is 5.54 Å². The number of aryl methyl sites for hydroxylation is 1. The number of aromatic nitrogens is 1. The van der Waals surface area contributed by atoms with E-state index in [1.165, 1.54) is 37.4 Å². The predicted molar refractivity (Wildman–Crippen MR) is 77.6 cm³/mol. The first-order valence-electron chi connectivity index (χ1n) is 7.17. The number of nitrogens with one attached hydrogen (secondary N) is 1. The number of hydrogen-bond donors (Lipinski definition) is 1. The third kappa shape index (κ3) is 2.33. The first-order valence-corrected chi connectivity index (χ1v) is 8.05. The molecule has 2 aliphatic heterocycles. The van der Waals surface area contributed by atoms with E-state index < -0.39 is 0 Å². The molecule has 0 bridgehead atoms. The highest BCUT2D eigenvalue weighted by Gasteiger charge is 2.51. The second-order valence-corrected chi connectivity index (χ2v) is 6.49. The zero-order valence-electron chi connectivity index (χ0n) is 11.8. The summed E-state index contributed by atoms with van der Waals surface area (Å²) in [5, 5.41) is 7.23. The highest BCUT2D eigenvalue weighted by Crippen LogP contribution is 2.43. The molecule has 0 radical (unpaired) electrons. The molecule has 3 rings (SSSR count). The molecule has 1 aromatic rings. The minimum absolute atomic E-state index is 0.0634. The summed E-state index contributed by atoms with van der Waals surface area (Å²) in [6.07, 6.45) is 3.79. The van der Waals surface area contributed by atoms with Crippen molar-refractivity contribution in [3.8, 4) is 0 Å². The van der Waals surface area contributed by atoms with E-state index in [1.54, 1.807) is 7.11 Å². The van der Waals surface area contributed by atoms with Crippen LogP contribution in [0.15, 0.2) is 5.38 Å². The lowest BCUT2D eigenvalue weighted by atomic mass is 9.89. The summed E-state index contributed by atoms with van der Waals surface area (Å²) in [4.78, 5) is 7.43. The average molecular weight is 281 g/mol. The molecule has 1 N–H and O–H groups in total. The molecule has 0 saturated carbocycles. The van der Waals surface area contributed by atoms with Crippen molar-refractivity contribution in [2.45, 2.75) is 37.8 Å². The Labute approximate surface area is 119 Å². The molecule has 0 amide bonds. The maximum atomic E-state index is 5.21. The Morgan fingerprint density at radius 2 is 2.47 bits per heavy atom. The van der Waals surface area contributed by atoms with Gasteiger partial charge in [0.1, 0.15) is 5.01 Å². The molecule has 2 aliphatic rings. The van der Waals surface area contributed by atoms with Gasteiger partial charge in [-0.05, 0) is 32.7 Å². The average Bonchev–Trinajstić information content (AvgIpc) is 3.07. The number of methoxy groups -OCH3 is 1. The van der Waals surface area contributed by atoms with Crippen molar-refractivity contribution in [1.82, 2.24) is 15.2 Å². The Morgan fingerprint density at radius 3 is 3.21 bits per heavy atom. The van der Waals surface area contributed by atoms with Crippen molar-refractivity contribution in [2.24, 2.45) is 0 Å². The predicted octanol–water partition coefficient (Wildman–Crippen LogP) is 1.75. The van der Waals surface area contributed by atoms with Crippen molar-refractivity contribution < 1.29 is 4.74 Å². The van der Waals surface area contributed by atoms with Gasteiger partial charge in [0.2, 0.25) is 0 Å². The van der Waals surface area contributed by atoms with Crippen molar-refractivity contribution >= 4 is 11.3 Å². The van der Waals surface area contributed by atoms with Gasteiger partial charge in [0.25, 0.3) is 0 Å². The summed E-state index contributed by atoms with van der Waals surface area (Å²) >= 11 is 1.81. The van der Waals surface area contributed by atoms with E-state index in [0.29, 0.717) is 6.04 Å². The standard InChI is InChI=1S/C14H23N3OS/c1-11-10-19-13(16-11)14(15-6-9-18-2)5-8-17-7-3-4-12(14)17/h10,12,15H,3-9H2,1-2H3. The molecule has 5 heteroatoms. The normalized spacial score (nSPS) is 30.9. The highest BCUT2D eigenvalue weighted by atomic mass is 32.1. The van der Waals surface area contributed by atoms with Crippen LogP contribution >= 0.6 is 11.3 Å². The highest BCUT2D eigenvalue weighted by molar-refractivity contribution is 7.09. The molecular weight excluding hydrogens is 258 g/mol. The van der Waals surface area contributed by atoms with Crippen LogP contribution in [-0.4, -0.2) is 49.3 Å². The Hall–Kier alpha value is -0.490. The first kappa shape index (κ1) is 13.5. The second kappa shape index (κ2) is 5.48. The number of hydrogen-bond acceptors (Lipinski definition) is 5. The molecule has 106 valence electrons. The van der Waals surface area contributed by atoms with Crippen molar-refractivity contribution in [1.29, 1.82) is 0 Å². The Kier molecular flexibility index (Phi) is 3.89. The molecule has 2 atom stereocenters. The number of rotatable bonds is 5. The van der Waals surface area contributed by atoms with Gasteiger partial charge >= 0.3 is 0 Å².